The maximum atomic E-state index is 12.9. The lowest BCUT2D eigenvalue weighted by Crippen LogP contribution is -2.42. The molecular weight excluding hydrogens is 285 g/mol. The Morgan fingerprint density at radius 1 is 1.27 bits per heavy atom. The number of hydrogen-bond acceptors (Lipinski definition) is 3. The van der Waals surface area contributed by atoms with E-state index in [2.05, 4.69) is 5.32 Å². The zero-order valence-corrected chi connectivity index (χ0v) is 13.4. The van der Waals surface area contributed by atoms with Gasteiger partial charge >= 0.3 is 6.09 Å². The van der Waals surface area contributed by atoms with E-state index in [9.17, 15) is 9.18 Å². The van der Waals surface area contributed by atoms with Crippen LogP contribution in [0.2, 0.25) is 0 Å². The molecule has 2 atom stereocenters. The predicted octanol–water partition coefficient (Wildman–Crippen LogP) is 3.90. The summed E-state index contributed by atoms with van der Waals surface area (Å²) in [7, 11) is 0. The molecule has 0 spiro atoms. The van der Waals surface area contributed by atoms with Crippen molar-refractivity contribution < 1.29 is 18.7 Å². The van der Waals surface area contributed by atoms with Gasteiger partial charge in [0.15, 0.2) is 0 Å². The van der Waals surface area contributed by atoms with Gasteiger partial charge < -0.3 is 14.8 Å². The second kappa shape index (κ2) is 6.99. The molecule has 0 bridgehead atoms. The first-order valence-electron chi connectivity index (χ1n) is 7.71. The van der Waals surface area contributed by atoms with Gasteiger partial charge in [-0.15, -0.1) is 0 Å². The van der Waals surface area contributed by atoms with Crippen LogP contribution in [0.3, 0.4) is 0 Å². The van der Waals surface area contributed by atoms with E-state index in [1.165, 1.54) is 12.1 Å². The van der Waals surface area contributed by atoms with Crippen LogP contribution in [0.25, 0.3) is 0 Å². The van der Waals surface area contributed by atoms with Crippen molar-refractivity contribution in [2.24, 2.45) is 5.92 Å². The van der Waals surface area contributed by atoms with Crippen molar-refractivity contribution >= 4 is 6.09 Å². The SMILES string of the molecule is CC(C)(C)OC(=O)N[C@H]1CCC[C@@H]1COc1ccc(F)cc1. The van der Waals surface area contributed by atoms with Crippen molar-refractivity contribution in [3.05, 3.63) is 30.1 Å². The molecule has 122 valence electrons. The molecule has 0 aromatic heterocycles. The van der Waals surface area contributed by atoms with Crippen LogP contribution in [0.15, 0.2) is 24.3 Å². The summed E-state index contributed by atoms with van der Waals surface area (Å²) in [6.45, 7) is 6.04. The summed E-state index contributed by atoms with van der Waals surface area (Å²) < 4.78 is 23.8. The fourth-order valence-electron chi connectivity index (χ4n) is 2.62. The van der Waals surface area contributed by atoms with Crippen molar-refractivity contribution in [1.82, 2.24) is 5.32 Å². The van der Waals surface area contributed by atoms with Crippen LogP contribution in [-0.4, -0.2) is 24.3 Å². The predicted molar refractivity (Wildman–Crippen MR) is 82.4 cm³/mol. The van der Waals surface area contributed by atoms with Crippen LogP contribution in [0.5, 0.6) is 5.75 Å². The molecule has 0 saturated heterocycles. The molecule has 0 unspecified atom stereocenters. The molecule has 0 heterocycles. The van der Waals surface area contributed by atoms with Crippen LogP contribution in [-0.2, 0) is 4.74 Å². The lowest BCUT2D eigenvalue weighted by molar-refractivity contribution is 0.0485. The number of carbonyl (C=O) groups is 1. The highest BCUT2D eigenvalue weighted by Crippen LogP contribution is 2.27. The van der Waals surface area contributed by atoms with Crippen molar-refractivity contribution in [2.45, 2.75) is 51.7 Å². The zero-order chi connectivity index (χ0) is 16.2. The van der Waals surface area contributed by atoms with Gasteiger partial charge in [0.1, 0.15) is 17.2 Å². The van der Waals surface area contributed by atoms with Crippen LogP contribution < -0.4 is 10.1 Å². The zero-order valence-electron chi connectivity index (χ0n) is 13.4. The minimum atomic E-state index is -0.497. The topological polar surface area (TPSA) is 47.6 Å². The Labute approximate surface area is 131 Å². The first kappa shape index (κ1) is 16.6. The summed E-state index contributed by atoms with van der Waals surface area (Å²) in [4.78, 5) is 11.9. The minimum absolute atomic E-state index is 0.0651. The summed E-state index contributed by atoms with van der Waals surface area (Å²) in [5.41, 5.74) is -0.497. The normalized spacial score (nSPS) is 21.5. The molecule has 1 N–H and O–H groups in total. The molecule has 1 saturated carbocycles. The molecule has 4 nitrogen and oxygen atoms in total. The summed E-state index contributed by atoms with van der Waals surface area (Å²) >= 11 is 0. The van der Waals surface area contributed by atoms with Crippen LogP contribution in [0, 0.1) is 11.7 Å². The van der Waals surface area contributed by atoms with Gasteiger partial charge in [-0.3, -0.25) is 0 Å². The Kier molecular flexibility index (Phi) is 5.27. The van der Waals surface area contributed by atoms with Crippen molar-refractivity contribution in [1.29, 1.82) is 0 Å². The van der Waals surface area contributed by atoms with E-state index in [0.717, 1.165) is 19.3 Å². The summed E-state index contributed by atoms with van der Waals surface area (Å²) in [6.07, 6.45) is 2.60. The number of rotatable bonds is 4. The third-order valence-electron chi connectivity index (χ3n) is 3.64. The maximum absolute atomic E-state index is 12.9. The summed E-state index contributed by atoms with van der Waals surface area (Å²) in [5, 5.41) is 2.93. The molecular formula is C17H24FNO3. The average Bonchev–Trinajstić information content (AvgIpc) is 2.83. The lowest BCUT2D eigenvalue weighted by atomic mass is 10.1. The minimum Gasteiger partial charge on any atom is -0.493 e. The number of carbonyl (C=O) groups excluding carboxylic acids is 1. The van der Waals surface area contributed by atoms with Crippen molar-refractivity contribution in [3.63, 3.8) is 0 Å². The largest absolute Gasteiger partial charge is 0.493 e. The van der Waals surface area contributed by atoms with E-state index in [1.807, 2.05) is 20.8 Å². The Hall–Kier alpha value is -1.78. The van der Waals surface area contributed by atoms with E-state index in [0.29, 0.717) is 12.4 Å². The van der Waals surface area contributed by atoms with E-state index in [4.69, 9.17) is 9.47 Å². The quantitative estimate of drug-likeness (QED) is 0.917. The fourth-order valence-corrected chi connectivity index (χ4v) is 2.62. The first-order chi connectivity index (χ1) is 10.3. The monoisotopic (exact) mass is 309 g/mol. The first-order valence-corrected chi connectivity index (χ1v) is 7.71. The number of amides is 1. The Morgan fingerprint density at radius 2 is 1.95 bits per heavy atom. The Balaban J connectivity index is 1.82. The number of benzene rings is 1. The van der Waals surface area contributed by atoms with E-state index in [1.54, 1.807) is 12.1 Å². The van der Waals surface area contributed by atoms with Crippen LogP contribution >= 0.6 is 0 Å². The highest BCUT2D eigenvalue weighted by atomic mass is 19.1. The molecule has 22 heavy (non-hydrogen) atoms. The van der Waals surface area contributed by atoms with Gasteiger partial charge in [-0.2, -0.15) is 0 Å². The third kappa shape index (κ3) is 5.20. The number of alkyl carbamates (subject to hydrolysis) is 1. The number of hydrogen-bond donors (Lipinski definition) is 1. The maximum Gasteiger partial charge on any atom is 0.407 e. The highest BCUT2D eigenvalue weighted by molar-refractivity contribution is 5.68. The van der Waals surface area contributed by atoms with E-state index < -0.39 is 5.60 Å². The van der Waals surface area contributed by atoms with Gasteiger partial charge in [-0.05, 0) is 57.9 Å². The fraction of sp³-hybridized carbons (Fsp3) is 0.588. The molecule has 2 rings (SSSR count). The molecule has 1 amide bonds. The Morgan fingerprint density at radius 3 is 2.59 bits per heavy atom. The second-order valence-electron chi connectivity index (χ2n) is 6.71. The molecule has 1 aromatic rings. The van der Waals surface area contributed by atoms with Gasteiger partial charge in [0.05, 0.1) is 6.61 Å². The van der Waals surface area contributed by atoms with E-state index >= 15 is 0 Å². The third-order valence-corrected chi connectivity index (χ3v) is 3.64. The lowest BCUT2D eigenvalue weighted by Gasteiger charge is -2.24. The van der Waals surface area contributed by atoms with Gasteiger partial charge in [-0.1, -0.05) is 6.42 Å². The van der Waals surface area contributed by atoms with Crippen molar-refractivity contribution in [2.75, 3.05) is 6.61 Å². The second-order valence-corrected chi connectivity index (χ2v) is 6.71. The summed E-state index contributed by atoms with van der Waals surface area (Å²) in [6, 6.07) is 6.04. The smallest absolute Gasteiger partial charge is 0.407 e. The molecule has 1 fully saturated rings. The van der Waals surface area contributed by atoms with Gasteiger partial charge in [0.2, 0.25) is 0 Å². The van der Waals surface area contributed by atoms with Gasteiger partial charge in [0.25, 0.3) is 0 Å². The molecule has 5 heteroatoms. The molecule has 0 radical (unpaired) electrons. The molecule has 0 aliphatic heterocycles. The Bertz CT molecular complexity index is 496. The van der Waals surface area contributed by atoms with Gasteiger partial charge in [0, 0.05) is 12.0 Å². The van der Waals surface area contributed by atoms with E-state index in [-0.39, 0.29) is 23.9 Å². The number of ether oxygens (including phenoxy) is 2. The van der Waals surface area contributed by atoms with Crippen molar-refractivity contribution in [3.8, 4) is 5.75 Å². The molecule has 1 aliphatic carbocycles. The number of halogens is 1. The molecule has 1 aliphatic rings. The highest BCUT2D eigenvalue weighted by Gasteiger charge is 2.30. The summed E-state index contributed by atoms with van der Waals surface area (Å²) in [5.74, 6) is 0.611. The van der Waals surface area contributed by atoms with Crippen LogP contribution in [0.4, 0.5) is 9.18 Å². The standard InChI is InChI=1S/C17H24FNO3/c1-17(2,3)22-16(20)19-15-6-4-5-12(15)11-21-14-9-7-13(18)8-10-14/h7-10,12,15H,4-6,11H2,1-3H3,(H,19,20)/t12-,15+/m1/s1. The molecule has 1 aromatic carbocycles. The van der Waals surface area contributed by atoms with Gasteiger partial charge in [-0.25, -0.2) is 9.18 Å². The van der Waals surface area contributed by atoms with Crippen LogP contribution in [0.1, 0.15) is 40.0 Å². The average molecular weight is 309 g/mol. The number of nitrogens with one attached hydrogen (secondary N) is 1.